The van der Waals surface area contributed by atoms with Crippen molar-refractivity contribution in [3.63, 3.8) is 0 Å². The number of nitrogens with zero attached hydrogens (tertiary/aromatic N) is 3. The van der Waals surface area contributed by atoms with Crippen LogP contribution < -0.4 is 5.56 Å². The molecular weight excluding hydrogens is 454 g/mol. The molecule has 0 radical (unpaired) electrons. The number of thioether (sulfide) groups is 1. The Labute approximate surface area is 200 Å². The lowest BCUT2D eigenvalue weighted by atomic mass is 10.1. The largest absolute Gasteiger partial charge is 0.269 e. The minimum absolute atomic E-state index is 0.0504. The van der Waals surface area contributed by atoms with Crippen LogP contribution in [0, 0.1) is 30.9 Å². The molecule has 0 fully saturated rings. The highest BCUT2D eigenvalue weighted by Gasteiger charge is 2.19. The second-order valence-corrected chi connectivity index (χ2v) is 10.1. The van der Waals surface area contributed by atoms with Crippen LogP contribution in [0.25, 0.3) is 15.9 Å². The summed E-state index contributed by atoms with van der Waals surface area (Å²) in [5.41, 5.74) is 5.04. The predicted octanol–water partition coefficient (Wildman–Crippen LogP) is 6.53. The summed E-state index contributed by atoms with van der Waals surface area (Å²) in [7, 11) is 0. The first kappa shape index (κ1) is 23.2. The van der Waals surface area contributed by atoms with Crippen molar-refractivity contribution in [2.45, 2.75) is 51.4 Å². The molecule has 0 saturated heterocycles. The maximum Gasteiger partial charge on any atom is 0.269 e. The van der Waals surface area contributed by atoms with Crippen LogP contribution in [0.2, 0.25) is 0 Å². The highest BCUT2D eigenvalue weighted by Crippen LogP contribution is 2.32. The number of rotatable bonds is 7. The zero-order valence-electron chi connectivity index (χ0n) is 19.0. The zero-order chi connectivity index (χ0) is 23.7. The van der Waals surface area contributed by atoms with Crippen LogP contribution in [0.5, 0.6) is 0 Å². The minimum atomic E-state index is -0.406. The van der Waals surface area contributed by atoms with E-state index in [1.807, 2.05) is 39.0 Å². The van der Waals surface area contributed by atoms with Crippen molar-refractivity contribution in [1.29, 1.82) is 0 Å². The average molecular weight is 480 g/mol. The summed E-state index contributed by atoms with van der Waals surface area (Å²) < 4.78 is 1.71. The van der Waals surface area contributed by atoms with Gasteiger partial charge in [-0.2, -0.15) is 0 Å². The Morgan fingerprint density at radius 2 is 1.82 bits per heavy atom. The van der Waals surface area contributed by atoms with Crippen molar-refractivity contribution in [2.75, 3.05) is 0 Å². The number of hydrogen-bond acceptors (Lipinski definition) is 6. The van der Waals surface area contributed by atoms with Crippen LogP contribution in [-0.2, 0) is 12.2 Å². The highest BCUT2D eigenvalue weighted by molar-refractivity contribution is 7.98. The maximum absolute atomic E-state index is 13.8. The van der Waals surface area contributed by atoms with E-state index in [1.165, 1.54) is 28.8 Å². The molecule has 33 heavy (non-hydrogen) atoms. The Bertz CT molecular complexity index is 1410. The summed E-state index contributed by atoms with van der Waals surface area (Å²) in [6.07, 6.45) is 1.95. The van der Waals surface area contributed by atoms with E-state index in [4.69, 9.17) is 4.98 Å². The van der Waals surface area contributed by atoms with Gasteiger partial charge in [0.05, 0.1) is 16.0 Å². The Hall–Kier alpha value is -2.97. The van der Waals surface area contributed by atoms with Gasteiger partial charge in [0.2, 0.25) is 0 Å². The van der Waals surface area contributed by atoms with Crippen LogP contribution >= 0.6 is 23.1 Å². The molecule has 0 unspecified atom stereocenters. The van der Waals surface area contributed by atoms with Gasteiger partial charge in [-0.25, -0.2) is 4.98 Å². The van der Waals surface area contributed by atoms with E-state index in [0.717, 1.165) is 45.6 Å². The summed E-state index contributed by atoms with van der Waals surface area (Å²) in [4.78, 5) is 31.2. The third kappa shape index (κ3) is 4.58. The molecule has 0 aliphatic carbocycles. The lowest BCUT2D eigenvalue weighted by molar-refractivity contribution is -0.384. The Morgan fingerprint density at radius 1 is 1.09 bits per heavy atom. The molecule has 4 aromatic rings. The Balaban J connectivity index is 1.82. The van der Waals surface area contributed by atoms with Crippen LogP contribution in [0.15, 0.2) is 52.4 Å². The van der Waals surface area contributed by atoms with E-state index in [-0.39, 0.29) is 11.2 Å². The Morgan fingerprint density at radius 3 is 2.45 bits per heavy atom. The van der Waals surface area contributed by atoms with Gasteiger partial charge in [-0.3, -0.25) is 19.5 Å². The minimum Gasteiger partial charge on any atom is -0.268 e. The molecular formula is C25H25N3O3S2. The normalized spacial score (nSPS) is 11.3. The summed E-state index contributed by atoms with van der Waals surface area (Å²) >= 11 is 3.07. The molecule has 2 heterocycles. The molecule has 0 amide bonds. The first-order chi connectivity index (χ1) is 15.8. The lowest BCUT2D eigenvalue weighted by Gasteiger charge is -2.14. The summed E-state index contributed by atoms with van der Waals surface area (Å²) in [6, 6.07) is 12.5. The third-order valence-electron chi connectivity index (χ3n) is 5.77. The number of nitro benzene ring substituents is 1. The number of fused-ring (bicyclic) bond motifs is 1. The van der Waals surface area contributed by atoms with Gasteiger partial charge in [0.1, 0.15) is 4.83 Å². The molecule has 0 spiro atoms. The SMILES string of the molecule is CCCc1sc2nc(SCc3ccc([N+](=O)[O-])cc3)n(-c3ccc(C)c(C)c3)c(=O)c2c1C. The lowest BCUT2D eigenvalue weighted by Crippen LogP contribution is -2.21. The third-order valence-corrected chi connectivity index (χ3v) is 8.03. The summed E-state index contributed by atoms with van der Waals surface area (Å²) in [6.45, 7) is 8.24. The fraction of sp³-hybridized carbons (Fsp3) is 0.280. The topological polar surface area (TPSA) is 78.0 Å². The number of aryl methyl sites for hydroxylation is 4. The van der Waals surface area contributed by atoms with Crippen molar-refractivity contribution in [3.8, 4) is 5.69 Å². The number of benzene rings is 2. The molecule has 0 saturated carbocycles. The number of nitro groups is 1. The van der Waals surface area contributed by atoms with E-state index >= 15 is 0 Å². The highest BCUT2D eigenvalue weighted by atomic mass is 32.2. The van der Waals surface area contributed by atoms with Crippen LogP contribution in [0.3, 0.4) is 0 Å². The molecule has 0 bridgehead atoms. The van der Waals surface area contributed by atoms with Gasteiger partial charge in [0.25, 0.3) is 11.2 Å². The van der Waals surface area contributed by atoms with Gasteiger partial charge in [-0.1, -0.05) is 43.3 Å². The smallest absolute Gasteiger partial charge is 0.268 e. The van der Waals surface area contributed by atoms with Crippen LogP contribution in [0.1, 0.15) is 40.5 Å². The molecule has 2 aromatic carbocycles. The van der Waals surface area contributed by atoms with Gasteiger partial charge in [-0.05, 0) is 61.6 Å². The molecule has 0 aliphatic rings. The molecule has 0 N–H and O–H groups in total. The van der Waals surface area contributed by atoms with E-state index < -0.39 is 4.92 Å². The van der Waals surface area contributed by atoms with Crippen molar-refractivity contribution in [1.82, 2.24) is 9.55 Å². The van der Waals surface area contributed by atoms with E-state index in [2.05, 4.69) is 6.92 Å². The fourth-order valence-electron chi connectivity index (χ4n) is 3.73. The quantitative estimate of drug-likeness (QED) is 0.130. The molecule has 2 aromatic heterocycles. The van der Waals surface area contributed by atoms with Crippen molar-refractivity contribution in [3.05, 3.63) is 90.1 Å². The van der Waals surface area contributed by atoms with Gasteiger partial charge in [0, 0.05) is 22.8 Å². The monoisotopic (exact) mass is 479 g/mol. The van der Waals surface area contributed by atoms with E-state index in [1.54, 1.807) is 28.0 Å². The first-order valence-corrected chi connectivity index (χ1v) is 12.6. The standard InChI is InChI=1S/C25H25N3O3S2/c1-5-6-21-17(4)22-23(33-21)26-25(32-14-18-8-11-19(12-9-18)28(30)31)27(24(22)29)20-10-7-15(2)16(3)13-20/h7-13H,5-6,14H2,1-4H3. The van der Waals surface area contributed by atoms with Gasteiger partial charge in [0.15, 0.2) is 5.16 Å². The van der Waals surface area contributed by atoms with Gasteiger partial charge < -0.3 is 0 Å². The molecule has 170 valence electrons. The first-order valence-electron chi connectivity index (χ1n) is 10.8. The zero-order valence-corrected chi connectivity index (χ0v) is 20.7. The molecule has 4 rings (SSSR count). The second-order valence-electron chi connectivity index (χ2n) is 8.10. The summed E-state index contributed by atoms with van der Waals surface area (Å²) in [5, 5.41) is 12.3. The fourth-order valence-corrected chi connectivity index (χ4v) is 6.02. The van der Waals surface area contributed by atoms with E-state index in [0.29, 0.717) is 16.3 Å². The number of aromatic nitrogens is 2. The summed E-state index contributed by atoms with van der Waals surface area (Å²) in [5.74, 6) is 0.549. The van der Waals surface area contributed by atoms with Crippen LogP contribution in [-0.4, -0.2) is 14.5 Å². The van der Waals surface area contributed by atoms with Crippen LogP contribution in [0.4, 0.5) is 5.69 Å². The average Bonchev–Trinajstić information content (AvgIpc) is 3.10. The second kappa shape index (κ2) is 9.49. The molecule has 0 atom stereocenters. The van der Waals surface area contributed by atoms with Crippen molar-refractivity contribution in [2.24, 2.45) is 0 Å². The van der Waals surface area contributed by atoms with Crippen molar-refractivity contribution >= 4 is 39.0 Å². The molecule has 0 aliphatic heterocycles. The van der Waals surface area contributed by atoms with Crippen molar-refractivity contribution < 1.29 is 4.92 Å². The maximum atomic E-state index is 13.8. The van der Waals surface area contributed by atoms with Gasteiger partial charge >= 0.3 is 0 Å². The number of thiophene rings is 1. The molecule has 8 heteroatoms. The predicted molar refractivity (Wildman–Crippen MR) is 136 cm³/mol. The molecule has 6 nitrogen and oxygen atoms in total. The number of non-ortho nitro benzene ring substituents is 1. The van der Waals surface area contributed by atoms with Gasteiger partial charge in [-0.15, -0.1) is 11.3 Å². The van der Waals surface area contributed by atoms with E-state index in [9.17, 15) is 14.9 Å². The number of hydrogen-bond donors (Lipinski definition) is 0. The Kier molecular flexibility index (Phi) is 6.67.